The Morgan fingerprint density at radius 3 is 2.39 bits per heavy atom. The van der Waals surface area contributed by atoms with Crippen LogP contribution < -0.4 is 11.1 Å². The molecule has 6 heteroatoms. The van der Waals surface area contributed by atoms with E-state index >= 15 is 0 Å². The SMILES string of the molecule is NC(=S)c1ccc(NC(=O)c2ccc(Cl)s2)cc1. The number of rotatable bonds is 3. The Bertz CT molecular complexity index is 592. The number of thiophene rings is 1. The number of hydrogen-bond acceptors (Lipinski definition) is 3. The number of anilines is 1. The normalized spacial score (nSPS) is 10.1. The maximum atomic E-state index is 11.8. The van der Waals surface area contributed by atoms with Gasteiger partial charge in [0, 0.05) is 11.3 Å². The average Bonchev–Trinajstić information content (AvgIpc) is 2.76. The summed E-state index contributed by atoms with van der Waals surface area (Å²) in [5, 5.41) is 2.77. The summed E-state index contributed by atoms with van der Waals surface area (Å²) in [4.78, 5) is 12.7. The van der Waals surface area contributed by atoms with Gasteiger partial charge in [-0.2, -0.15) is 0 Å². The molecular weight excluding hydrogens is 288 g/mol. The maximum absolute atomic E-state index is 11.8. The van der Waals surface area contributed by atoms with E-state index in [1.165, 1.54) is 11.3 Å². The molecule has 0 aliphatic carbocycles. The van der Waals surface area contributed by atoms with Crippen LogP contribution in [0.4, 0.5) is 5.69 Å². The Morgan fingerprint density at radius 1 is 1.22 bits per heavy atom. The van der Waals surface area contributed by atoms with Gasteiger partial charge >= 0.3 is 0 Å². The fourth-order valence-corrected chi connectivity index (χ4v) is 2.42. The van der Waals surface area contributed by atoms with Crippen LogP contribution in [0.25, 0.3) is 0 Å². The van der Waals surface area contributed by atoms with Gasteiger partial charge in [0.15, 0.2) is 0 Å². The van der Waals surface area contributed by atoms with Crippen molar-refractivity contribution in [3.05, 3.63) is 51.2 Å². The molecule has 3 nitrogen and oxygen atoms in total. The largest absolute Gasteiger partial charge is 0.389 e. The predicted octanol–water partition coefficient (Wildman–Crippen LogP) is 3.29. The van der Waals surface area contributed by atoms with Gasteiger partial charge in [-0.15, -0.1) is 11.3 Å². The van der Waals surface area contributed by atoms with E-state index in [4.69, 9.17) is 29.6 Å². The zero-order valence-electron chi connectivity index (χ0n) is 9.14. The van der Waals surface area contributed by atoms with Gasteiger partial charge in [-0.05, 0) is 36.4 Å². The van der Waals surface area contributed by atoms with Gasteiger partial charge in [0.25, 0.3) is 5.91 Å². The molecule has 92 valence electrons. The summed E-state index contributed by atoms with van der Waals surface area (Å²) in [6.07, 6.45) is 0. The summed E-state index contributed by atoms with van der Waals surface area (Å²) < 4.78 is 0.587. The zero-order chi connectivity index (χ0) is 13.1. The predicted molar refractivity (Wildman–Crippen MR) is 79.6 cm³/mol. The lowest BCUT2D eigenvalue weighted by Gasteiger charge is -2.04. The fraction of sp³-hybridized carbons (Fsp3) is 0. The van der Waals surface area contributed by atoms with E-state index in [1.54, 1.807) is 36.4 Å². The molecule has 0 bridgehead atoms. The van der Waals surface area contributed by atoms with Gasteiger partial charge in [0.2, 0.25) is 0 Å². The molecule has 0 unspecified atom stereocenters. The first kappa shape index (κ1) is 13.0. The summed E-state index contributed by atoms with van der Waals surface area (Å²) >= 11 is 11.9. The third-order valence-electron chi connectivity index (χ3n) is 2.22. The highest BCUT2D eigenvalue weighted by molar-refractivity contribution is 7.80. The van der Waals surface area contributed by atoms with Gasteiger partial charge in [-0.3, -0.25) is 4.79 Å². The van der Waals surface area contributed by atoms with Crippen molar-refractivity contribution in [2.24, 2.45) is 5.73 Å². The molecule has 0 spiro atoms. The second-order valence-corrected chi connectivity index (χ2v) is 5.65. The van der Waals surface area contributed by atoms with Crippen molar-refractivity contribution >= 4 is 51.7 Å². The second-order valence-electron chi connectivity index (χ2n) is 3.50. The highest BCUT2D eigenvalue weighted by Gasteiger charge is 2.08. The Hall–Kier alpha value is -1.43. The van der Waals surface area contributed by atoms with Gasteiger partial charge < -0.3 is 11.1 Å². The van der Waals surface area contributed by atoms with E-state index in [-0.39, 0.29) is 5.91 Å². The molecule has 1 aromatic heterocycles. The lowest BCUT2D eigenvalue weighted by molar-refractivity contribution is 0.103. The summed E-state index contributed by atoms with van der Waals surface area (Å²) in [6.45, 7) is 0. The van der Waals surface area contributed by atoms with Crippen LogP contribution in [-0.4, -0.2) is 10.9 Å². The Labute approximate surface area is 119 Å². The van der Waals surface area contributed by atoms with Crippen molar-refractivity contribution in [2.45, 2.75) is 0 Å². The minimum absolute atomic E-state index is 0.185. The van der Waals surface area contributed by atoms with Crippen LogP contribution in [0.3, 0.4) is 0 Å². The van der Waals surface area contributed by atoms with Crippen LogP contribution in [0.2, 0.25) is 4.34 Å². The number of benzene rings is 1. The first-order valence-corrected chi connectivity index (χ1v) is 6.63. The van der Waals surface area contributed by atoms with Gasteiger partial charge in [-0.1, -0.05) is 23.8 Å². The molecule has 1 heterocycles. The van der Waals surface area contributed by atoms with Crippen molar-refractivity contribution in [3.63, 3.8) is 0 Å². The highest BCUT2D eigenvalue weighted by Crippen LogP contribution is 2.22. The Kier molecular flexibility index (Phi) is 3.96. The molecule has 0 aliphatic heterocycles. The standard InChI is InChI=1S/C12H9ClN2OS2/c13-10-6-5-9(18-10)12(16)15-8-3-1-7(2-4-8)11(14)17/h1-6H,(H2,14,17)(H,15,16). The van der Waals surface area contributed by atoms with Crippen molar-refractivity contribution in [2.75, 3.05) is 5.32 Å². The molecule has 0 saturated heterocycles. The topological polar surface area (TPSA) is 55.1 Å². The zero-order valence-corrected chi connectivity index (χ0v) is 11.5. The van der Waals surface area contributed by atoms with Crippen LogP contribution in [-0.2, 0) is 0 Å². The van der Waals surface area contributed by atoms with Crippen LogP contribution in [0, 0.1) is 0 Å². The number of nitrogens with two attached hydrogens (primary N) is 1. The average molecular weight is 297 g/mol. The molecule has 0 saturated carbocycles. The minimum Gasteiger partial charge on any atom is -0.389 e. The van der Waals surface area contributed by atoms with E-state index in [0.29, 0.717) is 19.9 Å². The lowest BCUT2D eigenvalue weighted by Crippen LogP contribution is -2.11. The highest BCUT2D eigenvalue weighted by atomic mass is 35.5. The van der Waals surface area contributed by atoms with Crippen LogP contribution in [0.15, 0.2) is 36.4 Å². The van der Waals surface area contributed by atoms with Gasteiger partial charge in [0.05, 0.1) is 9.21 Å². The minimum atomic E-state index is -0.185. The first-order valence-electron chi connectivity index (χ1n) is 5.03. The number of carbonyl (C=O) groups excluding carboxylic acids is 1. The summed E-state index contributed by atoms with van der Waals surface area (Å²) in [5.74, 6) is -0.185. The number of hydrogen-bond donors (Lipinski definition) is 2. The number of halogens is 1. The molecule has 0 fully saturated rings. The van der Waals surface area contributed by atoms with E-state index in [9.17, 15) is 4.79 Å². The van der Waals surface area contributed by atoms with E-state index < -0.39 is 0 Å². The number of amides is 1. The van der Waals surface area contributed by atoms with E-state index in [0.717, 1.165) is 5.56 Å². The Balaban J connectivity index is 2.10. The van der Waals surface area contributed by atoms with Crippen LogP contribution in [0.5, 0.6) is 0 Å². The van der Waals surface area contributed by atoms with Crippen LogP contribution >= 0.6 is 35.2 Å². The molecular formula is C12H9ClN2OS2. The summed E-state index contributed by atoms with van der Waals surface area (Å²) in [7, 11) is 0. The van der Waals surface area contributed by atoms with Crippen LogP contribution in [0.1, 0.15) is 15.2 Å². The first-order chi connectivity index (χ1) is 8.56. The monoisotopic (exact) mass is 296 g/mol. The molecule has 0 radical (unpaired) electrons. The molecule has 0 atom stereocenters. The van der Waals surface area contributed by atoms with E-state index in [2.05, 4.69) is 5.32 Å². The number of nitrogens with one attached hydrogen (secondary N) is 1. The molecule has 2 aromatic rings. The summed E-state index contributed by atoms with van der Waals surface area (Å²) in [6, 6.07) is 10.4. The molecule has 18 heavy (non-hydrogen) atoms. The molecule has 0 aliphatic rings. The van der Waals surface area contributed by atoms with Crippen molar-refractivity contribution in [1.82, 2.24) is 0 Å². The molecule has 1 amide bonds. The number of carbonyl (C=O) groups is 1. The molecule has 1 aromatic carbocycles. The molecule has 3 N–H and O–H groups in total. The van der Waals surface area contributed by atoms with Crippen molar-refractivity contribution < 1.29 is 4.79 Å². The molecule has 2 rings (SSSR count). The summed E-state index contributed by atoms with van der Waals surface area (Å²) in [5.41, 5.74) is 6.94. The van der Waals surface area contributed by atoms with Gasteiger partial charge in [0.1, 0.15) is 4.99 Å². The lowest BCUT2D eigenvalue weighted by atomic mass is 10.2. The third-order valence-corrected chi connectivity index (χ3v) is 3.69. The van der Waals surface area contributed by atoms with Gasteiger partial charge in [-0.25, -0.2) is 0 Å². The maximum Gasteiger partial charge on any atom is 0.265 e. The van der Waals surface area contributed by atoms with Crippen molar-refractivity contribution in [3.8, 4) is 0 Å². The van der Waals surface area contributed by atoms with Crippen molar-refractivity contribution in [1.29, 1.82) is 0 Å². The smallest absolute Gasteiger partial charge is 0.265 e. The fourth-order valence-electron chi connectivity index (χ4n) is 1.35. The third kappa shape index (κ3) is 3.07. The van der Waals surface area contributed by atoms with E-state index in [1.807, 2.05) is 0 Å². The quantitative estimate of drug-likeness (QED) is 0.855. The Morgan fingerprint density at radius 2 is 1.89 bits per heavy atom. The number of thiocarbonyl (C=S) groups is 1. The second kappa shape index (κ2) is 5.48.